The number of fused-ring (bicyclic) bond motifs is 1. The number of halogens is 3. The minimum atomic E-state index is -4.71. The highest BCUT2D eigenvalue weighted by Crippen LogP contribution is 2.32. The van der Waals surface area contributed by atoms with E-state index >= 15 is 0 Å². The van der Waals surface area contributed by atoms with Crippen LogP contribution in [-0.4, -0.2) is 21.6 Å². The number of benzene rings is 1. The largest absolute Gasteiger partial charge is 0.420 e. The Kier molecular flexibility index (Phi) is 4.54. The number of amides is 1. The summed E-state index contributed by atoms with van der Waals surface area (Å²) in [6, 6.07) is 5.24. The van der Waals surface area contributed by atoms with Gasteiger partial charge in [-0.05, 0) is 30.7 Å². The first kappa shape index (κ1) is 17.7. The number of rotatable bonds is 4. The van der Waals surface area contributed by atoms with E-state index in [1.54, 1.807) is 25.1 Å². The van der Waals surface area contributed by atoms with Crippen molar-refractivity contribution >= 4 is 17.0 Å². The Morgan fingerprint density at radius 1 is 1.35 bits per heavy atom. The molecule has 0 bridgehead atoms. The number of hydrogen-bond donors (Lipinski definition) is 1. The smallest absolute Gasteiger partial charge is 0.408 e. The van der Waals surface area contributed by atoms with Gasteiger partial charge in [-0.2, -0.15) is 13.2 Å². The summed E-state index contributed by atoms with van der Waals surface area (Å²) in [7, 11) is 0. The molecule has 0 fully saturated rings. The SMILES string of the molecule is Cc1ccc2oc(=O)n(CC(=O)N[C@H](c3cccnc3)C(F)(F)F)c2c1. The maximum Gasteiger partial charge on any atom is 0.420 e. The number of nitrogens with one attached hydrogen (secondary N) is 1. The van der Waals surface area contributed by atoms with E-state index in [2.05, 4.69) is 4.98 Å². The Morgan fingerprint density at radius 3 is 2.77 bits per heavy atom. The lowest BCUT2D eigenvalue weighted by Crippen LogP contribution is -2.40. The van der Waals surface area contributed by atoms with Gasteiger partial charge in [0.2, 0.25) is 5.91 Å². The number of aryl methyl sites for hydroxylation is 1. The van der Waals surface area contributed by atoms with Gasteiger partial charge in [0.05, 0.1) is 5.52 Å². The summed E-state index contributed by atoms with van der Waals surface area (Å²) in [5.74, 6) is -1.78. The van der Waals surface area contributed by atoms with Crippen LogP contribution in [0.15, 0.2) is 51.9 Å². The molecule has 1 amide bonds. The predicted molar refractivity (Wildman–Crippen MR) is 86.4 cm³/mol. The fourth-order valence-corrected chi connectivity index (χ4v) is 2.57. The molecular formula is C17H14F3N3O3. The first-order valence-electron chi connectivity index (χ1n) is 7.61. The molecule has 9 heteroatoms. The summed E-state index contributed by atoms with van der Waals surface area (Å²) >= 11 is 0. The summed E-state index contributed by atoms with van der Waals surface area (Å²) in [6.45, 7) is 1.19. The van der Waals surface area contributed by atoms with Crippen molar-refractivity contribution in [3.63, 3.8) is 0 Å². The summed E-state index contributed by atoms with van der Waals surface area (Å²) < 4.78 is 45.9. The van der Waals surface area contributed by atoms with E-state index < -0.39 is 30.4 Å². The van der Waals surface area contributed by atoms with Gasteiger partial charge in [-0.1, -0.05) is 12.1 Å². The van der Waals surface area contributed by atoms with Crippen LogP contribution in [0.2, 0.25) is 0 Å². The van der Waals surface area contributed by atoms with Gasteiger partial charge in [0.25, 0.3) is 0 Å². The van der Waals surface area contributed by atoms with Crippen LogP contribution in [-0.2, 0) is 11.3 Å². The first-order valence-corrected chi connectivity index (χ1v) is 7.61. The molecule has 26 heavy (non-hydrogen) atoms. The van der Waals surface area contributed by atoms with Crippen molar-refractivity contribution in [2.24, 2.45) is 0 Å². The summed E-state index contributed by atoms with van der Waals surface area (Å²) in [5, 5.41) is 1.91. The van der Waals surface area contributed by atoms with Crippen molar-refractivity contribution in [2.75, 3.05) is 0 Å². The molecule has 136 valence electrons. The van der Waals surface area contributed by atoms with E-state index in [-0.39, 0.29) is 11.1 Å². The number of carbonyl (C=O) groups is 1. The standard InChI is InChI=1S/C17H14F3N3O3/c1-10-4-5-13-12(7-10)23(16(25)26-13)9-14(24)22-15(17(18,19)20)11-3-2-6-21-8-11/h2-8,15H,9H2,1H3,(H,22,24)/t15-/m1/s1. The number of aromatic nitrogens is 2. The third kappa shape index (κ3) is 3.61. The molecule has 0 radical (unpaired) electrons. The molecule has 0 aliphatic rings. The van der Waals surface area contributed by atoms with E-state index in [1.165, 1.54) is 18.3 Å². The maximum absolute atomic E-state index is 13.3. The molecule has 0 saturated heterocycles. The molecule has 1 atom stereocenters. The van der Waals surface area contributed by atoms with Crippen LogP contribution in [0.5, 0.6) is 0 Å². The highest BCUT2D eigenvalue weighted by Gasteiger charge is 2.42. The average Bonchev–Trinajstić information content (AvgIpc) is 2.88. The average molecular weight is 365 g/mol. The topological polar surface area (TPSA) is 77.1 Å². The number of nitrogens with zero attached hydrogens (tertiary/aromatic N) is 2. The molecule has 0 saturated carbocycles. The fourth-order valence-electron chi connectivity index (χ4n) is 2.57. The molecule has 3 rings (SSSR count). The quantitative estimate of drug-likeness (QED) is 0.771. The van der Waals surface area contributed by atoms with Crippen molar-refractivity contribution in [3.8, 4) is 0 Å². The molecule has 2 aromatic heterocycles. The van der Waals surface area contributed by atoms with Crippen LogP contribution >= 0.6 is 0 Å². The predicted octanol–water partition coefficient (Wildman–Crippen LogP) is 2.72. The number of hydrogen-bond acceptors (Lipinski definition) is 4. The van der Waals surface area contributed by atoms with Crippen molar-refractivity contribution in [3.05, 3.63) is 64.4 Å². The monoisotopic (exact) mass is 365 g/mol. The Hall–Kier alpha value is -3.10. The molecule has 0 aliphatic heterocycles. The molecule has 1 aromatic carbocycles. The minimum absolute atomic E-state index is 0.200. The van der Waals surface area contributed by atoms with Crippen molar-refractivity contribution < 1.29 is 22.4 Å². The Labute approximate surface area is 145 Å². The highest BCUT2D eigenvalue weighted by atomic mass is 19.4. The third-order valence-corrected chi connectivity index (χ3v) is 3.78. The van der Waals surface area contributed by atoms with Crippen molar-refractivity contribution in [1.82, 2.24) is 14.9 Å². The zero-order valence-electron chi connectivity index (χ0n) is 13.6. The summed E-state index contributed by atoms with van der Waals surface area (Å²) in [5.41, 5.74) is 1.22. The van der Waals surface area contributed by atoms with Crippen LogP contribution in [0, 0.1) is 6.92 Å². The zero-order valence-corrected chi connectivity index (χ0v) is 13.6. The number of oxazole rings is 1. The zero-order chi connectivity index (χ0) is 18.9. The van der Waals surface area contributed by atoms with E-state index in [0.717, 1.165) is 16.3 Å². The van der Waals surface area contributed by atoms with Crippen LogP contribution in [0.1, 0.15) is 17.2 Å². The maximum atomic E-state index is 13.3. The second-order valence-corrected chi connectivity index (χ2v) is 5.75. The van der Waals surface area contributed by atoms with Crippen LogP contribution in [0.3, 0.4) is 0 Å². The van der Waals surface area contributed by atoms with Gasteiger partial charge < -0.3 is 9.73 Å². The number of alkyl halides is 3. The third-order valence-electron chi connectivity index (χ3n) is 3.78. The molecule has 0 aliphatic carbocycles. The van der Waals surface area contributed by atoms with Crippen LogP contribution in [0.4, 0.5) is 13.2 Å². The Morgan fingerprint density at radius 2 is 2.12 bits per heavy atom. The lowest BCUT2D eigenvalue weighted by molar-refractivity contribution is -0.163. The van der Waals surface area contributed by atoms with Gasteiger partial charge in [-0.25, -0.2) is 4.79 Å². The van der Waals surface area contributed by atoms with Crippen molar-refractivity contribution in [1.29, 1.82) is 0 Å². The molecule has 0 unspecified atom stereocenters. The molecule has 2 heterocycles. The molecular weight excluding hydrogens is 351 g/mol. The van der Waals surface area contributed by atoms with E-state index in [0.29, 0.717) is 5.52 Å². The summed E-state index contributed by atoms with van der Waals surface area (Å²) in [6.07, 6.45) is -2.35. The van der Waals surface area contributed by atoms with Gasteiger partial charge in [0.1, 0.15) is 6.54 Å². The second-order valence-electron chi connectivity index (χ2n) is 5.75. The van der Waals surface area contributed by atoms with Crippen molar-refractivity contribution in [2.45, 2.75) is 25.7 Å². The van der Waals surface area contributed by atoms with Gasteiger partial charge in [0, 0.05) is 18.0 Å². The summed E-state index contributed by atoms with van der Waals surface area (Å²) in [4.78, 5) is 27.8. The molecule has 6 nitrogen and oxygen atoms in total. The molecule has 1 N–H and O–H groups in total. The fraction of sp³-hybridized carbons (Fsp3) is 0.235. The molecule has 3 aromatic rings. The lowest BCUT2D eigenvalue weighted by atomic mass is 10.1. The van der Waals surface area contributed by atoms with Gasteiger partial charge in [-0.3, -0.25) is 14.3 Å². The second kappa shape index (κ2) is 6.66. The van der Waals surface area contributed by atoms with Gasteiger partial charge >= 0.3 is 11.9 Å². The van der Waals surface area contributed by atoms with E-state index in [9.17, 15) is 22.8 Å². The van der Waals surface area contributed by atoms with Crippen LogP contribution in [0.25, 0.3) is 11.1 Å². The first-order chi connectivity index (χ1) is 12.3. The van der Waals surface area contributed by atoms with Gasteiger partial charge in [-0.15, -0.1) is 0 Å². The van der Waals surface area contributed by atoms with E-state index in [1.807, 2.05) is 5.32 Å². The number of carbonyl (C=O) groups excluding carboxylic acids is 1. The minimum Gasteiger partial charge on any atom is -0.408 e. The normalized spacial score (nSPS) is 12.9. The van der Waals surface area contributed by atoms with Crippen LogP contribution < -0.4 is 11.1 Å². The highest BCUT2D eigenvalue weighted by molar-refractivity contribution is 5.80. The molecule has 0 spiro atoms. The van der Waals surface area contributed by atoms with Gasteiger partial charge in [0.15, 0.2) is 11.6 Å². The van der Waals surface area contributed by atoms with E-state index in [4.69, 9.17) is 4.42 Å². The Bertz CT molecular complexity index is 993. The lowest BCUT2D eigenvalue weighted by Gasteiger charge is -2.21. The number of pyridine rings is 1. The Balaban J connectivity index is 1.87.